The zero-order valence-corrected chi connectivity index (χ0v) is 19.1. The van der Waals surface area contributed by atoms with E-state index in [0.717, 1.165) is 12.1 Å². The number of halogens is 3. The Balaban J connectivity index is 2.10. The van der Waals surface area contributed by atoms with Gasteiger partial charge in [0.2, 0.25) is 0 Å². The van der Waals surface area contributed by atoms with E-state index >= 15 is 0 Å². The van der Waals surface area contributed by atoms with E-state index in [0.29, 0.717) is 38.3 Å². The molecule has 0 saturated carbocycles. The minimum atomic E-state index is -4.54. The molecular formula is C22H31F3N2O5. The first-order valence-electron chi connectivity index (χ1n) is 10.3. The highest BCUT2D eigenvalue weighted by atomic mass is 19.4. The van der Waals surface area contributed by atoms with Gasteiger partial charge in [-0.1, -0.05) is 6.07 Å². The second-order valence-electron chi connectivity index (χ2n) is 9.54. The van der Waals surface area contributed by atoms with E-state index < -0.39 is 34.8 Å². The Labute approximate surface area is 186 Å². The van der Waals surface area contributed by atoms with Crippen LogP contribution in [0.2, 0.25) is 0 Å². The van der Waals surface area contributed by atoms with Crippen LogP contribution in [0.3, 0.4) is 0 Å². The number of carboxylic acid groups (broad SMARTS) is 1. The average molecular weight is 460 g/mol. The van der Waals surface area contributed by atoms with Gasteiger partial charge in [-0.3, -0.25) is 9.69 Å². The number of rotatable bonds is 6. The second-order valence-corrected chi connectivity index (χ2v) is 9.54. The molecule has 1 heterocycles. The lowest BCUT2D eigenvalue weighted by Gasteiger charge is -2.35. The zero-order chi connectivity index (χ0) is 24.3. The molecule has 1 amide bonds. The Morgan fingerprint density at radius 1 is 1.03 bits per heavy atom. The summed E-state index contributed by atoms with van der Waals surface area (Å²) in [4.78, 5) is 27.1. The highest BCUT2D eigenvalue weighted by molar-refractivity contribution is 5.73. The molecule has 10 heteroatoms. The zero-order valence-electron chi connectivity index (χ0n) is 19.1. The van der Waals surface area contributed by atoms with Crippen molar-refractivity contribution >= 4 is 12.1 Å². The van der Waals surface area contributed by atoms with Crippen molar-refractivity contribution in [2.75, 3.05) is 32.8 Å². The molecule has 0 aliphatic carbocycles. The third-order valence-electron chi connectivity index (χ3n) is 4.98. The van der Waals surface area contributed by atoms with E-state index in [4.69, 9.17) is 9.47 Å². The van der Waals surface area contributed by atoms with Gasteiger partial charge in [0, 0.05) is 38.3 Å². The van der Waals surface area contributed by atoms with Crippen molar-refractivity contribution < 1.29 is 37.3 Å². The average Bonchev–Trinajstić information content (AvgIpc) is 2.65. The smallest absolute Gasteiger partial charge is 0.416 e. The first-order valence-corrected chi connectivity index (χ1v) is 10.3. The maximum Gasteiger partial charge on any atom is 0.416 e. The van der Waals surface area contributed by atoms with Gasteiger partial charge in [-0.25, -0.2) is 4.79 Å². The van der Waals surface area contributed by atoms with Gasteiger partial charge in [-0.15, -0.1) is 0 Å². The van der Waals surface area contributed by atoms with E-state index in [1.807, 2.05) is 4.90 Å². The molecule has 180 valence electrons. The molecule has 0 radical (unpaired) electrons. The van der Waals surface area contributed by atoms with Crippen LogP contribution in [0.25, 0.3) is 0 Å². The standard InChI is InChI=1S/C22H31F3N2O5/c1-20(2,3)32-19(30)27-10-8-26(9-11-27)13-15-6-7-16(22(23,24)25)12-17(15)31-14-21(4,5)18(28)29/h6-7,12H,8-11,13-14H2,1-5H3,(H,28,29). The van der Waals surface area contributed by atoms with Crippen molar-refractivity contribution in [3.8, 4) is 5.75 Å². The first-order chi connectivity index (χ1) is 14.6. The summed E-state index contributed by atoms with van der Waals surface area (Å²) >= 11 is 0. The molecule has 7 nitrogen and oxygen atoms in total. The summed E-state index contributed by atoms with van der Waals surface area (Å²) in [5.74, 6) is -1.10. The molecule has 1 saturated heterocycles. The molecule has 0 spiro atoms. The fourth-order valence-electron chi connectivity index (χ4n) is 2.97. The van der Waals surface area contributed by atoms with Crippen LogP contribution in [-0.2, 0) is 22.3 Å². The predicted molar refractivity (Wildman–Crippen MR) is 111 cm³/mol. The van der Waals surface area contributed by atoms with Crippen molar-refractivity contribution in [3.05, 3.63) is 29.3 Å². The molecule has 1 aliphatic heterocycles. The number of carboxylic acids is 1. The predicted octanol–water partition coefficient (Wildman–Crippen LogP) is 4.25. The van der Waals surface area contributed by atoms with Gasteiger partial charge in [0.25, 0.3) is 0 Å². The molecule has 0 bridgehead atoms. The van der Waals surface area contributed by atoms with Gasteiger partial charge < -0.3 is 19.5 Å². The number of carbonyl (C=O) groups is 2. The number of carbonyl (C=O) groups excluding carboxylic acids is 1. The van der Waals surface area contributed by atoms with Gasteiger partial charge >= 0.3 is 18.2 Å². The van der Waals surface area contributed by atoms with Crippen LogP contribution in [0.15, 0.2) is 18.2 Å². The van der Waals surface area contributed by atoms with Gasteiger partial charge in [0.05, 0.1) is 11.0 Å². The lowest BCUT2D eigenvalue weighted by Crippen LogP contribution is -2.49. The number of amides is 1. The third-order valence-corrected chi connectivity index (χ3v) is 4.98. The van der Waals surface area contributed by atoms with Crippen molar-refractivity contribution in [2.45, 2.75) is 52.9 Å². The molecule has 1 N–H and O–H groups in total. The van der Waals surface area contributed by atoms with Crippen LogP contribution in [-0.4, -0.2) is 65.4 Å². The summed E-state index contributed by atoms with van der Waals surface area (Å²) in [5, 5.41) is 9.26. The molecule has 0 unspecified atom stereocenters. The summed E-state index contributed by atoms with van der Waals surface area (Å²) in [5.41, 5.74) is -2.20. The number of hydrogen-bond donors (Lipinski definition) is 1. The third kappa shape index (κ3) is 7.29. The molecule has 1 aliphatic rings. The molecule has 1 aromatic rings. The highest BCUT2D eigenvalue weighted by Crippen LogP contribution is 2.34. The van der Waals surface area contributed by atoms with E-state index in [1.165, 1.54) is 19.9 Å². The summed E-state index contributed by atoms with van der Waals surface area (Å²) < 4.78 is 50.5. The van der Waals surface area contributed by atoms with E-state index in [9.17, 15) is 27.9 Å². The number of ether oxygens (including phenoxy) is 2. The fraction of sp³-hybridized carbons (Fsp3) is 0.636. The van der Waals surface area contributed by atoms with Crippen LogP contribution in [0.5, 0.6) is 5.75 Å². The Morgan fingerprint density at radius 2 is 1.62 bits per heavy atom. The van der Waals surface area contributed by atoms with Crippen LogP contribution >= 0.6 is 0 Å². The van der Waals surface area contributed by atoms with Gasteiger partial charge in [0.15, 0.2) is 0 Å². The number of benzene rings is 1. The summed E-state index contributed by atoms with van der Waals surface area (Å²) in [6, 6.07) is 3.25. The maximum absolute atomic E-state index is 13.2. The van der Waals surface area contributed by atoms with Crippen molar-refractivity contribution in [2.24, 2.45) is 5.41 Å². The van der Waals surface area contributed by atoms with Gasteiger partial charge in [-0.05, 0) is 46.8 Å². The largest absolute Gasteiger partial charge is 0.492 e. The topological polar surface area (TPSA) is 79.3 Å². The lowest BCUT2D eigenvalue weighted by molar-refractivity contribution is -0.148. The summed E-state index contributed by atoms with van der Waals surface area (Å²) in [7, 11) is 0. The van der Waals surface area contributed by atoms with Crippen LogP contribution in [0.4, 0.5) is 18.0 Å². The molecule has 0 atom stereocenters. The van der Waals surface area contributed by atoms with Crippen LogP contribution in [0.1, 0.15) is 45.7 Å². The van der Waals surface area contributed by atoms with Crippen molar-refractivity contribution in [1.82, 2.24) is 9.80 Å². The Morgan fingerprint density at radius 3 is 2.12 bits per heavy atom. The monoisotopic (exact) mass is 460 g/mol. The molecular weight excluding hydrogens is 429 g/mol. The quantitative estimate of drug-likeness (QED) is 0.684. The number of piperazine rings is 1. The van der Waals surface area contributed by atoms with Gasteiger partial charge in [0.1, 0.15) is 18.0 Å². The normalized spacial score (nSPS) is 16.1. The lowest BCUT2D eigenvalue weighted by atomic mass is 9.95. The first kappa shape index (κ1) is 25.8. The van der Waals surface area contributed by atoms with E-state index in [-0.39, 0.29) is 12.4 Å². The molecule has 1 aromatic carbocycles. The number of hydrogen-bond acceptors (Lipinski definition) is 5. The van der Waals surface area contributed by atoms with Crippen LogP contribution in [0, 0.1) is 5.41 Å². The summed E-state index contributed by atoms with van der Waals surface area (Å²) in [6.45, 7) is 10.2. The molecule has 1 fully saturated rings. The van der Waals surface area contributed by atoms with Gasteiger partial charge in [-0.2, -0.15) is 13.2 Å². The van der Waals surface area contributed by atoms with Crippen molar-refractivity contribution in [3.63, 3.8) is 0 Å². The minimum absolute atomic E-state index is 0.00345. The molecule has 32 heavy (non-hydrogen) atoms. The summed E-state index contributed by atoms with van der Waals surface area (Å²) in [6.07, 6.45) is -4.94. The Hall–Kier alpha value is -2.49. The fourth-order valence-corrected chi connectivity index (χ4v) is 2.97. The van der Waals surface area contributed by atoms with E-state index in [2.05, 4.69) is 0 Å². The highest BCUT2D eigenvalue weighted by Gasteiger charge is 2.33. The number of alkyl halides is 3. The minimum Gasteiger partial charge on any atom is -0.492 e. The molecule has 2 rings (SSSR count). The number of nitrogens with zero attached hydrogens (tertiary/aromatic N) is 2. The van der Waals surface area contributed by atoms with Crippen LogP contribution < -0.4 is 4.74 Å². The SMILES string of the molecule is CC(C)(C)OC(=O)N1CCN(Cc2ccc(C(F)(F)F)cc2OCC(C)(C)C(=O)O)CC1. The second kappa shape index (κ2) is 9.56. The Kier molecular flexibility index (Phi) is 7.70. The number of aliphatic carboxylic acids is 1. The maximum atomic E-state index is 13.2. The molecule has 0 aromatic heterocycles. The van der Waals surface area contributed by atoms with E-state index in [1.54, 1.807) is 25.7 Å². The van der Waals surface area contributed by atoms with Crippen molar-refractivity contribution in [1.29, 1.82) is 0 Å². The Bertz CT molecular complexity index is 826.